The third-order valence-corrected chi connectivity index (χ3v) is 9.37. The Bertz CT molecular complexity index is 853. The molecular formula is C33H58N2O6. The van der Waals surface area contributed by atoms with Crippen LogP contribution < -0.4 is 10.6 Å². The number of rotatable bonds is 17. The first kappa shape index (κ1) is 33.8. The van der Waals surface area contributed by atoms with Gasteiger partial charge in [0.2, 0.25) is 11.8 Å². The zero-order valence-corrected chi connectivity index (χ0v) is 26.6. The second-order valence-corrected chi connectivity index (χ2v) is 14.0. The number of carbonyl (C=O) groups is 3. The van der Waals surface area contributed by atoms with Gasteiger partial charge in [0.05, 0.1) is 19.1 Å². The van der Waals surface area contributed by atoms with Gasteiger partial charge in [-0.05, 0) is 52.4 Å². The van der Waals surface area contributed by atoms with Gasteiger partial charge in [-0.1, -0.05) is 85.0 Å². The number of carbonyl (C=O) groups excluding carboxylic acids is 3. The third kappa shape index (κ3) is 10.2. The molecular weight excluding hydrogens is 520 g/mol. The van der Waals surface area contributed by atoms with Gasteiger partial charge in [-0.15, -0.1) is 0 Å². The number of ether oxygens (including phenoxy) is 3. The number of hydrogen-bond acceptors (Lipinski definition) is 6. The first-order valence-electron chi connectivity index (χ1n) is 16.6. The predicted molar refractivity (Wildman–Crippen MR) is 160 cm³/mol. The Morgan fingerprint density at radius 2 is 1.54 bits per heavy atom. The van der Waals surface area contributed by atoms with Crippen LogP contribution in [0.1, 0.15) is 144 Å². The van der Waals surface area contributed by atoms with E-state index in [1.807, 2.05) is 13.8 Å². The van der Waals surface area contributed by atoms with Gasteiger partial charge in [0, 0.05) is 17.4 Å². The largest absolute Gasteiger partial charge is 0.460 e. The van der Waals surface area contributed by atoms with Crippen molar-refractivity contribution in [3.8, 4) is 0 Å². The van der Waals surface area contributed by atoms with Crippen LogP contribution in [-0.2, 0) is 28.6 Å². The van der Waals surface area contributed by atoms with Crippen molar-refractivity contribution >= 4 is 17.8 Å². The summed E-state index contributed by atoms with van der Waals surface area (Å²) in [7, 11) is 0. The van der Waals surface area contributed by atoms with E-state index < -0.39 is 17.3 Å². The van der Waals surface area contributed by atoms with Gasteiger partial charge in [-0.3, -0.25) is 14.4 Å². The summed E-state index contributed by atoms with van der Waals surface area (Å²) in [6.45, 7) is 10.3. The molecule has 0 aromatic rings. The molecule has 2 N–H and O–H groups in total. The molecule has 0 radical (unpaired) electrons. The lowest BCUT2D eigenvalue weighted by molar-refractivity contribution is -0.304. The SMILES string of the molecule is CCCCCCCCCCCC1(C(=O)NC2CCCC2OC(=O)CCNC(=O)C2OC(C)(C)OCC2(C)C)CCC1. The summed E-state index contributed by atoms with van der Waals surface area (Å²) in [4.78, 5) is 38.8. The molecule has 3 fully saturated rings. The van der Waals surface area contributed by atoms with Crippen molar-refractivity contribution in [2.45, 2.75) is 168 Å². The van der Waals surface area contributed by atoms with E-state index in [2.05, 4.69) is 17.6 Å². The first-order chi connectivity index (χ1) is 19.5. The quantitative estimate of drug-likeness (QED) is 0.154. The molecule has 0 aromatic heterocycles. The Morgan fingerprint density at radius 3 is 2.17 bits per heavy atom. The first-order valence-corrected chi connectivity index (χ1v) is 16.6. The van der Waals surface area contributed by atoms with Crippen LogP contribution in [0.3, 0.4) is 0 Å². The lowest BCUT2D eigenvalue weighted by atomic mass is 9.65. The molecule has 236 valence electrons. The summed E-state index contributed by atoms with van der Waals surface area (Å²) < 4.78 is 17.4. The van der Waals surface area contributed by atoms with Gasteiger partial charge in [0.25, 0.3) is 0 Å². The minimum atomic E-state index is -0.829. The summed E-state index contributed by atoms with van der Waals surface area (Å²) in [6.07, 6.45) is 17.2. The molecule has 8 nitrogen and oxygen atoms in total. The lowest BCUT2D eigenvalue weighted by Gasteiger charge is -2.44. The molecule has 3 atom stereocenters. The van der Waals surface area contributed by atoms with Crippen LogP contribution in [-0.4, -0.2) is 55.0 Å². The Hall–Kier alpha value is -1.67. The summed E-state index contributed by atoms with van der Waals surface area (Å²) in [6, 6.07) is -0.125. The fourth-order valence-electron chi connectivity index (χ4n) is 6.45. The zero-order valence-electron chi connectivity index (χ0n) is 26.6. The number of nitrogens with one attached hydrogen (secondary N) is 2. The standard InChI is InChI=1S/C33H58N2O6/c1-6-7-8-9-10-11-12-13-14-20-33(21-16-22-33)30(38)35-25-17-15-18-26(25)40-27(36)19-23-34-29(37)28-31(2,3)24-39-32(4,5)41-28/h25-26,28H,6-24H2,1-5H3,(H,34,37)(H,35,38). The van der Waals surface area contributed by atoms with Gasteiger partial charge in [0.1, 0.15) is 12.2 Å². The van der Waals surface area contributed by atoms with E-state index in [9.17, 15) is 14.4 Å². The van der Waals surface area contributed by atoms with E-state index in [1.165, 1.54) is 51.4 Å². The second-order valence-electron chi connectivity index (χ2n) is 14.0. The highest BCUT2D eigenvalue weighted by atomic mass is 16.7. The smallest absolute Gasteiger partial charge is 0.307 e. The number of unbranched alkanes of at least 4 members (excludes halogenated alkanes) is 8. The topological polar surface area (TPSA) is 103 Å². The average molecular weight is 579 g/mol. The van der Waals surface area contributed by atoms with E-state index in [-0.39, 0.29) is 48.3 Å². The van der Waals surface area contributed by atoms with Gasteiger partial charge < -0.3 is 24.8 Å². The minimum Gasteiger partial charge on any atom is -0.460 e. The molecule has 1 heterocycles. The Morgan fingerprint density at radius 1 is 0.878 bits per heavy atom. The normalized spacial score (nSPS) is 26.1. The lowest BCUT2D eigenvalue weighted by Crippen LogP contribution is -2.56. The van der Waals surface area contributed by atoms with Crippen molar-refractivity contribution < 1.29 is 28.6 Å². The molecule has 0 bridgehead atoms. The molecule has 1 saturated heterocycles. The van der Waals surface area contributed by atoms with Crippen molar-refractivity contribution in [1.82, 2.24) is 10.6 Å². The zero-order chi connectivity index (χ0) is 29.9. The van der Waals surface area contributed by atoms with Gasteiger partial charge >= 0.3 is 5.97 Å². The van der Waals surface area contributed by atoms with Crippen molar-refractivity contribution in [3.63, 3.8) is 0 Å². The van der Waals surface area contributed by atoms with Crippen molar-refractivity contribution in [2.75, 3.05) is 13.2 Å². The van der Waals surface area contributed by atoms with Crippen molar-refractivity contribution in [2.24, 2.45) is 10.8 Å². The number of esters is 1. The second kappa shape index (κ2) is 15.7. The Balaban J connectivity index is 1.36. The van der Waals surface area contributed by atoms with Gasteiger partial charge in [0.15, 0.2) is 5.79 Å². The molecule has 3 unspecified atom stereocenters. The Labute approximate surface area is 248 Å². The monoisotopic (exact) mass is 578 g/mol. The van der Waals surface area contributed by atoms with Crippen LogP contribution in [0.15, 0.2) is 0 Å². The molecule has 2 saturated carbocycles. The van der Waals surface area contributed by atoms with Crippen LogP contribution in [0, 0.1) is 10.8 Å². The summed E-state index contributed by atoms with van der Waals surface area (Å²) >= 11 is 0. The fraction of sp³-hybridized carbons (Fsp3) is 0.909. The highest BCUT2D eigenvalue weighted by Crippen LogP contribution is 2.46. The maximum absolute atomic E-state index is 13.4. The van der Waals surface area contributed by atoms with E-state index in [0.717, 1.165) is 51.4 Å². The van der Waals surface area contributed by atoms with Gasteiger partial charge in [-0.2, -0.15) is 0 Å². The highest BCUT2D eigenvalue weighted by molar-refractivity contribution is 5.84. The van der Waals surface area contributed by atoms with Gasteiger partial charge in [-0.25, -0.2) is 0 Å². The van der Waals surface area contributed by atoms with E-state index in [1.54, 1.807) is 13.8 Å². The highest BCUT2D eigenvalue weighted by Gasteiger charge is 2.46. The van der Waals surface area contributed by atoms with Crippen molar-refractivity contribution in [1.29, 1.82) is 0 Å². The minimum absolute atomic E-state index is 0.0818. The van der Waals surface area contributed by atoms with Crippen LogP contribution in [0.2, 0.25) is 0 Å². The maximum Gasteiger partial charge on any atom is 0.307 e. The predicted octanol–water partition coefficient (Wildman–Crippen LogP) is 6.34. The Kier molecular flexibility index (Phi) is 13.0. The van der Waals surface area contributed by atoms with E-state index >= 15 is 0 Å². The van der Waals surface area contributed by atoms with Crippen LogP contribution in [0.4, 0.5) is 0 Å². The fourth-order valence-corrected chi connectivity index (χ4v) is 6.45. The molecule has 2 aliphatic carbocycles. The molecule has 1 aliphatic heterocycles. The molecule has 2 amide bonds. The molecule has 3 aliphatic rings. The van der Waals surface area contributed by atoms with E-state index in [0.29, 0.717) is 6.61 Å². The third-order valence-electron chi connectivity index (χ3n) is 9.37. The molecule has 0 spiro atoms. The molecule has 3 rings (SSSR count). The van der Waals surface area contributed by atoms with Crippen LogP contribution >= 0.6 is 0 Å². The van der Waals surface area contributed by atoms with Crippen molar-refractivity contribution in [3.05, 3.63) is 0 Å². The average Bonchev–Trinajstić information content (AvgIpc) is 3.31. The summed E-state index contributed by atoms with van der Waals surface area (Å²) in [5.74, 6) is -1.27. The van der Waals surface area contributed by atoms with Crippen LogP contribution in [0.25, 0.3) is 0 Å². The molecule has 41 heavy (non-hydrogen) atoms. The summed E-state index contributed by atoms with van der Waals surface area (Å²) in [5, 5.41) is 6.11. The molecule has 8 heteroatoms. The molecule has 0 aromatic carbocycles. The summed E-state index contributed by atoms with van der Waals surface area (Å²) in [5.41, 5.74) is -0.696. The van der Waals surface area contributed by atoms with E-state index in [4.69, 9.17) is 14.2 Å². The number of amides is 2. The van der Waals surface area contributed by atoms with Crippen LogP contribution in [0.5, 0.6) is 0 Å². The maximum atomic E-state index is 13.4. The number of hydrogen-bond donors (Lipinski definition) is 2.